The van der Waals surface area contributed by atoms with E-state index in [0.717, 1.165) is 23.1 Å². The Morgan fingerprint density at radius 1 is 1.05 bits per heavy atom. The third-order valence-electron chi connectivity index (χ3n) is 3.73. The van der Waals surface area contributed by atoms with Crippen molar-refractivity contribution in [2.24, 2.45) is 0 Å². The van der Waals surface area contributed by atoms with Crippen molar-refractivity contribution in [1.82, 2.24) is 4.98 Å². The maximum Gasteiger partial charge on any atom is 0.131 e. The molecule has 0 bridgehead atoms. The van der Waals surface area contributed by atoms with Gasteiger partial charge in [0, 0.05) is 28.5 Å². The van der Waals surface area contributed by atoms with Crippen LogP contribution in [0.4, 0.5) is 4.39 Å². The number of benzene rings is 2. The standard InChI is InChI=1S/C18H15BrFN/c1-12-5-4-10-21-18(12)11-16(19)14-8-9-17(20)15-7-3-2-6-13(14)15/h2-10,16H,11H2,1H3. The highest BCUT2D eigenvalue weighted by atomic mass is 79.9. The number of nitrogens with zero attached hydrogens (tertiary/aromatic N) is 1. The molecule has 106 valence electrons. The van der Waals surface area contributed by atoms with Crippen LogP contribution in [0.1, 0.15) is 21.6 Å². The largest absolute Gasteiger partial charge is 0.261 e. The zero-order valence-electron chi connectivity index (χ0n) is 11.7. The van der Waals surface area contributed by atoms with Gasteiger partial charge in [-0.2, -0.15) is 0 Å². The van der Waals surface area contributed by atoms with Gasteiger partial charge in [-0.3, -0.25) is 4.98 Å². The maximum absolute atomic E-state index is 13.9. The first-order chi connectivity index (χ1) is 10.2. The van der Waals surface area contributed by atoms with Crippen LogP contribution in [0, 0.1) is 12.7 Å². The molecular weight excluding hydrogens is 329 g/mol. The van der Waals surface area contributed by atoms with E-state index in [1.165, 1.54) is 11.6 Å². The summed E-state index contributed by atoms with van der Waals surface area (Å²) in [6.45, 7) is 2.06. The molecule has 0 N–H and O–H groups in total. The predicted octanol–water partition coefficient (Wildman–Crippen LogP) is 5.36. The van der Waals surface area contributed by atoms with Gasteiger partial charge in [0.2, 0.25) is 0 Å². The molecule has 0 spiro atoms. The molecule has 0 amide bonds. The van der Waals surface area contributed by atoms with Crippen molar-refractivity contribution in [3.63, 3.8) is 0 Å². The third kappa shape index (κ3) is 2.84. The number of aromatic nitrogens is 1. The highest BCUT2D eigenvalue weighted by Gasteiger charge is 2.15. The first-order valence-electron chi connectivity index (χ1n) is 6.88. The first-order valence-corrected chi connectivity index (χ1v) is 7.80. The van der Waals surface area contributed by atoms with Crippen molar-refractivity contribution in [1.29, 1.82) is 0 Å². The topological polar surface area (TPSA) is 12.9 Å². The van der Waals surface area contributed by atoms with Crippen molar-refractivity contribution in [3.8, 4) is 0 Å². The highest BCUT2D eigenvalue weighted by molar-refractivity contribution is 9.09. The second kappa shape index (κ2) is 5.94. The van der Waals surface area contributed by atoms with E-state index in [9.17, 15) is 4.39 Å². The van der Waals surface area contributed by atoms with Gasteiger partial charge in [-0.05, 0) is 35.6 Å². The number of pyridine rings is 1. The van der Waals surface area contributed by atoms with Gasteiger partial charge < -0.3 is 0 Å². The fourth-order valence-electron chi connectivity index (χ4n) is 2.57. The Labute approximate surface area is 132 Å². The SMILES string of the molecule is Cc1cccnc1CC(Br)c1ccc(F)c2ccccc12. The van der Waals surface area contributed by atoms with Crippen LogP contribution in [-0.4, -0.2) is 4.98 Å². The van der Waals surface area contributed by atoms with Crippen molar-refractivity contribution in [3.05, 3.63) is 77.4 Å². The molecule has 0 saturated carbocycles. The zero-order chi connectivity index (χ0) is 14.8. The summed E-state index contributed by atoms with van der Waals surface area (Å²) in [5.41, 5.74) is 3.33. The Kier molecular flexibility index (Phi) is 4.02. The molecule has 3 heteroatoms. The minimum atomic E-state index is -0.178. The molecule has 1 nitrogen and oxygen atoms in total. The minimum absolute atomic E-state index is 0.108. The van der Waals surface area contributed by atoms with Gasteiger partial charge in [0.25, 0.3) is 0 Å². The number of alkyl halides is 1. The van der Waals surface area contributed by atoms with Gasteiger partial charge in [-0.25, -0.2) is 4.39 Å². The summed E-state index contributed by atoms with van der Waals surface area (Å²) >= 11 is 3.74. The molecule has 0 aliphatic heterocycles. The average molecular weight is 344 g/mol. The zero-order valence-corrected chi connectivity index (χ0v) is 13.3. The van der Waals surface area contributed by atoms with E-state index in [-0.39, 0.29) is 10.6 Å². The normalized spacial score (nSPS) is 12.5. The summed E-state index contributed by atoms with van der Waals surface area (Å²) in [5, 5.41) is 1.62. The fraction of sp³-hybridized carbons (Fsp3) is 0.167. The molecule has 2 aromatic carbocycles. The van der Waals surface area contributed by atoms with Crippen LogP contribution in [0.3, 0.4) is 0 Å². The van der Waals surface area contributed by atoms with Gasteiger partial charge in [0.1, 0.15) is 5.82 Å². The average Bonchev–Trinajstić information content (AvgIpc) is 2.50. The summed E-state index contributed by atoms with van der Waals surface area (Å²) in [6, 6.07) is 15.0. The van der Waals surface area contributed by atoms with Crippen molar-refractivity contribution < 1.29 is 4.39 Å². The number of fused-ring (bicyclic) bond motifs is 1. The van der Waals surface area contributed by atoms with E-state index in [1.807, 2.05) is 42.6 Å². The van der Waals surface area contributed by atoms with Gasteiger partial charge >= 0.3 is 0 Å². The lowest BCUT2D eigenvalue weighted by molar-refractivity contribution is 0.639. The van der Waals surface area contributed by atoms with E-state index in [1.54, 1.807) is 0 Å². The van der Waals surface area contributed by atoms with Crippen molar-refractivity contribution >= 4 is 26.7 Å². The lowest BCUT2D eigenvalue weighted by Gasteiger charge is -2.14. The molecule has 0 saturated heterocycles. The number of hydrogen-bond acceptors (Lipinski definition) is 1. The molecule has 0 aliphatic carbocycles. The monoisotopic (exact) mass is 343 g/mol. The van der Waals surface area contributed by atoms with Crippen LogP contribution in [0.5, 0.6) is 0 Å². The van der Waals surface area contributed by atoms with Crippen LogP contribution in [-0.2, 0) is 6.42 Å². The molecule has 21 heavy (non-hydrogen) atoms. The molecule has 1 unspecified atom stereocenters. The lowest BCUT2D eigenvalue weighted by Crippen LogP contribution is -2.01. The summed E-state index contributed by atoms with van der Waals surface area (Å²) < 4.78 is 13.9. The van der Waals surface area contributed by atoms with Crippen molar-refractivity contribution in [2.45, 2.75) is 18.2 Å². The van der Waals surface area contributed by atoms with Gasteiger partial charge in [0.05, 0.1) is 0 Å². The van der Waals surface area contributed by atoms with Crippen LogP contribution in [0.25, 0.3) is 10.8 Å². The lowest BCUT2D eigenvalue weighted by atomic mass is 9.98. The van der Waals surface area contributed by atoms with Crippen LogP contribution in [0.2, 0.25) is 0 Å². The quantitative estimate of drug-likeness (QED) is 0.583. The van der Waals surface area contributed by atoms with E-state index in [4.69, 9.17) is 0 Å². The summed E-state index contributed by atoms with van der Waals surface area (Å²) in [7, 11) is 0. The number of hydrogen-bond donors (Lipinski definition) is 0. The maximum atomic E-state index is 13.9. The van der Waals surface area contributed by atoms with Crippen LogP contribution in [0.15, 0.2) is 54.7 Å². The Hall–Kier alpha value is -1.74. The fourth-order valence-corrected chi connectivity index (χ4v) is 3.28. The summed E-state index contributed by atoms with van der Waals surface area (Å²) in [6.07, 6.45) is 2.59. The second-order valence-electron chi connectivity index (χ2n) is 5.12. The molecular formula is C18H15BrFN. The molecule has 1 heterocycles. The van der Waals surface area contributed by atoms with E-state index < -0.39 is 0 Å². The van der Waals surface area contributed by atoms with Crippen LogP contribution >= 0.6 is 15.9 Å². The van der Waals surface area contributed by atoms with E-state index in [2.05, 4.69) is 33.9 Å². The Morgan fingerprint density at radius 3 is 2.57 bits per heavy atom. The molecule has 1 atom stereocenters. The summed E-state index contributed by atoms with van der Waals surface area (Å²) in [5.74, 6) is -0.178. The predicted molar refractivity (Wildman–Crippen MR) is 88.3 cm³/mol. The number of halogens is 2. The van der Waals surface area contributed by atoms with Gasteiger partial charge in [-0.1, -0.05) is 52.3 Å². The highest BCUT2D eigenvalue weighted by Crippen LogP contribution is 2.33. The summed E-state index contributed by atoms with van der Waals surface area (Å²) in [4.78, 5) is 4.55. The smallest absolute Gasteiger partial charge is 0.131 e. The Bertz CT molecular complexity index is 785. The molecule has 0 fully saturated rings. The van der Waals surface area contributed by atoms with Crippen LogP contribution < -0.4 is 0 Å². The number of aryl methyl sites for hydroxylation is 1. The minimum Gasteiger partial charge on any atom is -0.261 e. The second-order valence-corrected chi connectivity index (χ2v) is 6.23. The number of rotatable bonds is 3. The molecule has 3 aromatic rings. The molecule has 1 aromatic heterocycles. The van der Waals surface area contributed by atoms with Gasteiger partial charge in [-0.15, -0.1) is 0 Å². The van der Waals surface area contributed by atoms with E-state index >= 15 is 0 Å². The molecule has 0 aliphatic rings. The van der Waals surface area contributed by atoms with Crippen molar-refractivity contribution in [2.75, 3.05) is 0 Å². The van der Waals surface area contributed by atoms with Gasteiger partial charge in [0.15, 0.2) is 0 Å². The Balaban J connectivity index is 2.01. The molecule has 0 radical (unpaired) electrons. The Morgan fingerprint density at radius 2 is 1.81 bits per heavy atom. The third-order valence-corrected chi connectivity index (χ3v) is 4.55. The van der Waals surface area contributed by atoms with E-state index in [0.29, 0.717) is 5.39 Å². The molecule has 3 rings (SSSR count). The first kappa shape index (κ1) is 14.2.